The molecule has 1 atom stereocenters. The van der Waals surface area contributed by atoms with Gasteiger partial charge in [0.1, 0.15) is 6.04 Å². The number of ether oxygens (including phenoxy) is 3. The maximum absolute atomic E-state index is 14.3. The summed E-state index contributed by atoms with van der Waals surface area (Å²) in [6, 6.07) is 20.6. The average Bonchev–Trinajstić information content (AvgIpc) is 3.51. The first-order chi connectivity index (χ1) is 23.8. The van der Waals surface area contributed by atoms with Crippen molar-refractivity contribution < 1.29 is 28.6 Å². The predicted octanol–water partition coefficient (Wildman–Crippen LogP) is 4.79. The molecule has 0 aliphatic carbocycles. The van der Waals surface area contributed by atoms with E-state index >= 15 is 0 Å². The van der Waals surface area contributed by atoms with Crippen LogP contribution in [0.5, 0.6) is 17.2 Å². The number of imide groups is 1. The lowest BCUT2D eigenvalue weighted by atomic mass is 10.0. The van der Waals surface area contributed by atoms with Crippen molar-refractivity contribution in [3.8, 4) is 17.2 Å². The van der Waals surface area contributed by atoms with Gasteiger partial charge >= 0.3 is 0 Å². The third-order valence-electron chi connectivity index (χ3n) is 8.55. The summed E-state index contributed by atoms with van der Waals surface area (Å²) >= 11 is 0. The molecule has 1 fully saturated rings. The Bertz CT molecular complexity index is 1690. The van der Waals surface area contributed by atoms with E-state index in [-0.39, 0.29) is 25.4 Å². The second kappa shape index (κ2) is 16.9. The minimum atomic E-state index is -0.985. The van der Waals surface area contributed by atoms with E-state index in [1.54, 1.807) is 12.1 Å². The Morgan fingerprint density at radius 2 is 1.49 bits per heavy atom. The van der Waals surface area contributed by atoms with Crippen molar-refractivity contribution >= 4 is 34.3 Å². The number of anilines is 1. The number of hydrogen-bond acceptors (Lipinski definition) is 8. The van der Waals surface area contributed by atoms with E-state index in [0.717, 1.165) is 35.2 Å². The van der Waals surface area contributed by atoms with Crippen LogP contribution in [-0.2, 0) is 27.3 Å². The van der Waals surface area contributed by atoms with Gasteiger partial charge in [-0.15, -0.1) is 0 Å². The Kier molecular flexibility index (Phi) is 12.2. The summed E-state index contributed by atoms with van der Waals surface area (Å²) in [5.74, 6) is 0.210. The first-order valence-corrected chi connectivity index (χ1v) is 17.0. The summed E-state index contributed by atoms with van der Waals surface area (Å²) < 4.78 is 17.6. The molecule has 11 heteroatoms. The number of nitrogens with one attached hydrogen (secondary N) is 2. The van der Waals surface area contributed by atoms with Crippen molar-refractivity contribution in [2.75, 3.05) is 57.4 Å². The first kappa shape index (κ1) is 35.3. The van der Waals surface area contributed by atoms with Gasteiger partial charge in [-0.05, 0) is 62.2 Å². The van der Waals surface area contributed by atoms with Crippen LogP contribution in [0, 0.1) is 0 Å². The Hall–Kier alpha value is -5.03. The van der Waals surface area contributed by atoms with E-state index < -0.39 is 17.9 Å². The number of carbonyl (C=O) groups is 3. The van der Waals surface area contributed by atoms with Crippen LogP contribution in [0.25, 0.3) is 10.9 Å². The topological polar surface area (TPSA) is 116 Å². The molecule has 1 aliphatic heterocycles. The highest BCUT2D eigenvalue weighted by molar-refractivity contribution is 5.99. The van der Waals surface area contributed by atoms with Gasteiger partial charge in [-0.25, -0.2) is 0 Å². The van der Waals surface area contributed by atoms with Crippen molar-refractivity contribution in [3.05, 3.63) is 84.1 Å². The number of nitrogens with zero attached hydrogens (tertiary/aromatic N) is 3. The first-order valence-electron chi connectivity index (χ1n) is 17.0. The monoisotopic (exact) mass is 669 g/mol. The largest absolute Gasteiger partial charge is 0.490 e. The number of carbonyl (C=O) groups excluding carboxylic acids is 3. The van der Waals surface area contributed by atoms with Crippen LogP contribution < -0.4 is 24.4 Å². The number of aromatic amines is 1. The summed E-state index contributed by atoms with van der Waals surface area (Å²) in [5.41, 5.74) is 3.59. The van der Waals surface area contributed by atoms with E-state index in [9.17, 15) is 14.4 Å². The summed E-state index contributed by atoms with van der Waals surface area (Å²) in [6.07, 6.45) is 2.06. The van der Waals surface area contributed by atoms with E-state index in [2.05, 4.69) is 32.2 Å². The SMILES string of the molecule is CCOc1cc(CN(C(C)=O)C(=O)C(Cc2c[nH]c3ccccc23)NC(=O)CN2CCN(c3ccccc3)CC2)cc(OCC)c1OCC. The summed E-state index contributed by atoms with van der Waals surface area (Å²) in [7, 11) is 0. The molecule has 11 nitrogen and oxygen atoms in total. The fourth-order valence-corrected chi connectivity index (χ4v) is 6.22. The van der Waals surface area contributed by atoms with Crippen LogP contribution in [-0.4, -0.2) is 91.1 Å². The van der Waals surface area contributed by atoms with Crippen molar-refractivity contribution in [2.45, 2.75) is 46.7 Å². The fourth-order valence-electron chi connectivity index (χ4n) is 6.22. The Labute approximate surface area is 288 Å². The van der Waals surface area contributed by atoms with Gasteiger partial charge in [0.2, 0.25) is 17.6 Å². The quantitative estimate of drug-likeness (QED) is 0.186. The van der Waals surface area contributed by atoms with Crippen LogP contribution in [0.4, 0.5) is 5.69 Å². The van der Waals surface area contributed by atoms with Gasteiger partial charge in [0.25, 0.3) is 5.91 Å². The second-order valence-corrected chi connectivity index (χ2v) is 11.9. The molecule has 1 aliphatic rings. The van der Waals surface area contributed by atoms with E-state index in [1.807, 2.05) is 69.4 Å². The number of fused-ring (bicyclic) bond motifs is 1. The third kappa shape index (κ3) is 8.91. The smallest absolute Gasteiger partial charge is 0.252 e. The molecule has 0 radical (unpaired) electrons. The number of hydrogen-bond donors (Lipinski definition) is 2. The zero-order valence-corrected chi connectivity index (χ0v) is 28.9. The molecule has 260 valence electrons. The van der Waals surface area contributed by atoms with Crippen molar-refractivity contribution in [1.82, 2.24) is 20.1 Å². The maximum atomic E-state index is 14.3. The summed E-state index contributed by atoms with van der Waals surface area (Å²) in [6.45, 7) is 11.3. The second-order valence-electron chi connectivity index (χ2n) is 11.9. The molecule has 2 heterocycles. The molecule has 0 bridgehead atoms. The predicted molar refractivity (Wildman–Crippen MR) is 190 cm³/mol. The Morgan fingerprint density at radius 1 is 0.857 bits per heavy atom. The number of piperazine rings is 1. The van der Waals surface area contributed by atoms with Gasteiger partial charge in [0, 0.05) is 62.3 Å². The normalized spacial score (nSPS) is 13.9. The average molecular weight is 670 g/mol. The molecule has 5 rings (SSSR count). The molecule has 1 aromatic heterocycles. The van der Waals surface area contributed by atoms with Gasteiger partial charge in [0.15, 0.2) is 11.5 Å². The minimum absolute atomic E-state index is 0.0393. The standard InChI is InChI=1S/C38H47N5O6/c1-5-47-34-21-28(22-35(48-6-2)37(34)49-7-3)25-43(27(4)44)38(46)33(23-29-24-39-32-16-12-11-15-31(29)32)40-36(45)26-41-17-19-42(20-18-41)30-13-9-8-10-14-30/h8-16,21-22,24,33,39H,5-7,17-20,23,25-26H2,1-4H3,(H,40,45). The van der Waals surface area contributed by atoms with Gasteiger partial charge in [-0.2, -0.15) is 0 Å². The Balaban J connectivity index is 1.37. The third-order valence-corrected chi connectivity index (χ3v) is 8.55. The molecular formula is C38H47N5O6. The molecule has 0 spiro atoms. The number of rotatable bonds is 15. The number of aromatic nitrogens is 1. The van der Waals surface area contributed by atoms with Crippen molar-refractivity contribution in [2.24, 2.45) is 0 Å². The number of amides is 3. The van der Waals surface area contributed by atoms with E-state index in [1.165, 1.54) is 11.8 Å². The number of H-pyrrole nitrogens is 1. The highest BCUT2D eigenvalue weighted by Crippen LogP contribution is 2.39. The lowest BCUT2D eigenvalue weighted by Crippen LogP contribution is -2.54. The number of benzene rings is 3. The van der Waals surface area contributed by atoms with Crippen LogP contribution in [0.1, 0.15) is 38.8 Å². The van der Waals surface area contributed by atoms with Crippen molar-refractivity contribution in [1.29, 1.82) is 0 Å². The molecule has 1 saturated heterocycles. The summed E-state index contributed by atoms with van der Waals surface area (Å²) in [5, 5.41) is 3.95. The molecule has 3 aromatic carbocycles. The highest BCUT2D eigenvalue weighted by Gasteiger charge is 2.31. The molecule has 4 aromatic rings. The van der Waals surface area contributed by atoms with Gasteiger partial charge < -0.3 is 29.4 Å². The van der Waals surface area contributed by atoms with E-state index in [0.29, 0.717) is 55.7 Å². The lowest BCUT2D eigenvalue weighted by molar-refractivity contribution is -0.147. The van der Waals surface area contributed by atoms with Gasteiger partial charge in [0.05, 0.1) is 32.9 Å². The van der Waals surface area contributed by atoms with Crippen LogP contribution >= 0.6 is 0 Å². The zero-order chi connectivity index (χ0) is 34.8. The zero-order valence-electron chi connectivity index (χ0n) is 28.9. The minimum Gasteiger partial charge on any atom is -0.490 e. The molecular weight excluding hydrogens is 622 g/mol. The van der Waals surface area contributed by atoms with Gasteiger partial charge in [-0.3, -0.25) is 24.2 Å². The molecule has 3 amide bonds. The number of para-hydroxylation sites is 2. The molecule has 2 N–H and O–H groups in total. The molecule has 0 saturated carbocycles. The van der Waals surface area contributed by atoms with Crippen LogP contribution in [0.15, 0.2) is 72.9 Å². The van der Waals surface area contributed by atoms with E-state index in [4.69, 9.17) is 14.2 Å². The maximum Gasteiger partial charge on any atom is 0.252 e. The fraction of sp³-hybridized carbons (Fsp3) is 0.395. The Morgan fingerprint density at radius 3 is 2.12 bits per heavy atom. The van der Waals surface area contributed by atoms with Crippen LogP contribution in [0.2, 0.25) is 0 Å². The lowest BCUT2D eigenvalue weighted by Gasteiger charge is -2.36. The van der Waals surface area contributed by atoms with Crippen LogP contribution in [0.3, 0.4) is 0 Å². The van der Waals surface area contributed by atoms with Gasteiger partial charge in [-0.1, -0.05) is 36.4 Å². The summed E-state index contributed by atoms with van der Waals surface area (Å²) in [4.78, 5) is 49.9. The highest BCUT2D eigenvalue weighted by atomic mass is 16.5. The molecule has 1 unspecified atom stereocenters. The van der Waals surface area contributed by atoms with Crippen molar-refractivity contribution in [3.63, 3.8) is 0 Å². The molecule has 49 heavy (non-hydrogen) atoms.